The standard InChI is InChI=1S/C16H23NO/c1-6-16(5)12(4)11(3)14-10-13(18-7-2)8-9-15(14)17-16/h8-10,17H,6-7H2,1-5H3. The molecule has 0 amide bonds. The molecule has 2 heteroatoms. The molecule has 0 spiro atoms. The molecule has 0 aliphatic carbocycles. The lowest BCUT2D eigenvalue weighted by molar-refractivity contribution is 0.340. The molecule has 2 rings (SSSR count). The second kappa shape index (κ2) is 4.68. The molecule has 1 heterocycles. The molecule has 98 valence electrons. The molecule has 0 radical (unpaired) electrons. The Balaban J connectivity index is 2.50. The highest BCUT2D eigenvalue weighted by Crippen LogP contribution is 2.41. The number of hydrogen-bond acceptors (Lipinski definition) is 2. The number of fused-ring (bicyclic) bond motifs is 1. The van der Waals surface area contributed by atoms with E-state index in [1.165, 1.54) is 22.4 Å². The Morgan fingerprint density at radius 2 is 1.94 bits per heavy atom. The Morgan fingerprint density at radius 1 is 1.22 bits per heavy atom. The van der Waals surface area contributed by atoms with Crippen LogP contribution in [0, 0.1) is 0 Å². The zero-order valence-electron chi connectivity index (χ0n) is 12.1. The van der Waals surface area contributed by atoms with Crippen LogP contribution in [0.15, 0.2) is 23.8 Å². The first-order valence-corrected chi connectivity index (χ1v) is 6.75. The smallest absolute Gasteiger partial charge is 0.120 e. The van der Waals surface area contributed by atoms with Gasteiger partial charge >= 0.3 is 0 Å². The van der Waals surface area contributed by atoms with Gasteiger partial charge in [0.2, 0.25) is 0 Å². The van der Waals surface area contributed by atoms with Crippen LogP contribution in [-0.2, 0) is 0 Å². The van der Waals surface area contributed by atoms with Crippen LogP contribution in [0.3, 0.4) is 0 Å². The number of hydrogen-bond donors (Lipinski definition) is 1. The molecule has 0 saturated carbocycles. The maximum absolute atomic E-state index is 5.58. The van der Waals surface area contributed by atoms with Crippen molar-refractivity contribution in [1.29, 1.82) is 0 Å². The Labute approximate surface area is 110 Å². The molecule has 1 aromatic carbocycles. The lowest BCUT2D eigenvalue weighted by Gasteiger charge is -2.38. The monoisotopic (exact) mass is 245 g/mol. The fraction of sp³-hybridized carbons (Fsp3) is 0.500. The average molecular weight is 245 g/mol. The summed E-state index contributed by atoms with van der Waals surface area (Å²) in [6, 6.07) is 6.31. The van der Waals surface area contributed by atoms with Gasteiger partial charge in [0.25, 0.3) is 0 Å². The summed E-state index contributed by atoms with van der Waals surface area (Å²) in [5.41, 5.74) is 5.35. The van der Waals surface area contributed by atoms with E-state index < -0.39 is 0 Å². The fourth-order valence-electron chi connectivity index (χ4n) is 2.56. The molecule has 18 heavy (non-hydrogen) atoms. The lowest BCUT2D eigenvalue weighted by Crippen LogP contribution is -2.38. The summed E-state index contributed by atoms with van der Waals surface area (Å²) in [4.78, 5) is 0. The van der Waals surface area contributed by atoms with Gasteiger partial charge in [-0.1, -0.05) is 6.92 Å². The number of allylic oxidation sites excluding steroid dienone is 1. The number of rotatable bonds is 3. The summed E-state index contributed by atoms with van der Waals surface area (Å²) in [5.74, 6) is 0.949. The third kappa shape index (κ3) is 2.00. The van der Waals surface area contributed by atoms with E-state index >= 15 is 0 Å². The van der Waals surface area contributed by atoms with Crippen LogP contribution >= 0.6 is 0 Å². The van der Waals surface area contributed by atoms with Crippen LogP contribution in [0.2, 0.25) is 0 Å². The van der Waals surface area contributed by atoms with Crippen LogP contribution in [0.4, 0.5) is 5.69 Å². The SMILES string of the molecule is CCOc1ccc2c(c1)C(C)=C(C)C(C)(CC)N2. The van der Waals surface area contributed by atoms with E-state index in [1.807, 2.05) is 13.0 Å². The molecular formula is C16H23NO. The predicted molar refractivity (Wildman–Crippen MR) is 78.2 cm³/mol. The van der Waals surface area contributed by atoms with E-state index in [4.69, 9.17) is 4.74 Å². The zero-order valence-corrected chi connectivity index (χ0v) is 12.1. The molecule has 1 N–H and O–H groups in total. The molecule has 1 aliphatic heterocycles. The molecule has 1 aromatic rings. The summed E-state index contributed by atoms with van der Waals surface area (Å²) < 4.78 is 5.58. The van der Waals surface area contributed by atoms with Crippen molar-refractivity contribution in [3.8, 4) is 5.75 Å². The minimum Gasteiger partial charge on any atom is -0.494 e. The zero-order chi connectivity index (χ0) is 13.3. The van der Waals surface area contributed by atoms with Crippen molar-refractivity contribution < 1.29 is 4.74 Å². The first kappa shape index (κ1) is 13.0. The maximum atomic E-state index is 5.58. The molecule has 0 fully saturated rings. The summed E-state index contributed by atoms with van der Waals surface area (Å²) in [5, 5.41) is 3.66. The van der Waals surface area contributed by atoms with Crippen molar-refractivity contribution in [2.45, 2.75) is 46.6 Å². The Kier molecular flexibility index (Phi) is 3.38. The van der Waals surface area contributed by atoms with Crippen molar-refractivity contribution in [2.24, 2.45) is 0 Å². The van der Waals surface area contributed by atoms with E-state index in [0.29, 0.717) is 6.61 Å². The van der Waals surface area contributed by atoms with E-state index in [0.717, 1.165) is 12.2 Å². The second-order valence-corrected chi connectivity index (χ2v) is 5.20. The molecule has 0 bridgehead atoms. The molecule has 1 unspecified atom stereocenters. The average Bonchev–Trinajstić information content (AvgIpc) is 2.37. The van der Waals surface area contributed by atoms with Crippen molar-refractivity contribution in [2.75, 3.05) is 11.9 Å². The van der Waals surface area contributed by atoms with Crippen LogP contribution < -0.4 is 10.1 Å². The number of benzene rings is 1. The van der Waals surface area contributed by atoms with Crippen LogP contribution in [0.25, 0.3) is 5.57 Å². The first-order chi connectivity index (χ1) is 8.51. The highest BCUT2D eigenvalue weighted by molar-refractivity contribution is 5.83. The Bertz CT molecular complexity index is 490. The Morgan fingerprint density at radius 3 is 2.56 bits per heavy atom. The van der Waals surface area contributed by atoms with E-state index in [2.05, 4.69) is 45.1 Å². The second-order valence-electron chi connectivity index (χ2n) is 5.20. The van der Waals surface area contributed by atoms with Crippen LogP contribution in [0.5, 0.6) is 5.75 Å². The van der Waals surface area contributed by atoms with Gasteiger partial charge in [-0.3, -0.25) is 0 Å². The third-order valence-corrected chi connectivity index (χ3v) is 4.21. The van der Waals surface area contributed by atoms with Crippen molar-refractivity contribution in [3.05, 3.63) is 29.3 Å². The number of ether oxygens (including phenoxy) is 1. The van der Waals surface area contributed by atoms with Crippen molar-refractivity contribution in [1.82, 2.24) is 0 Å². The Hall–Kier alpha value is -1.44. The van der Waals surface area contributed by atoms with Gasteiger partial charge in [0.05, 0.1) is 12.1 Å². The van der Waals surface area contributed by atoms with Crippen LogP contribution in [0.1, 0.15) is 46.6 Å². The molecule has 1 aliphatic rings. The van der Waals surface area contributed by atoms with Gasteiger partial charge < -0.3 is 10.1 Å². The van der Waals surface area contributed by atoms with E-state index in [1.54, 1.807) is 0 Å². The predicted octanol–water partition coefficient (Wildman–Crippen LogP) is 4.47. The topological polar surface area (TPSA) is 21.3 Å². The van der Waals surface area contributed by atoms with E-state index in [-0.39, 0.29) is 5.54 Å². The van der Waals surface area contributed by atoms with Gasteiger partial charge in [0, 0.05) is 11.3 Å². The van der Waals surface area contributed by atoms with Gasteiger partial charge in [0.15, 0.2) is 0 Å². The van der Waals surface area contributed by atoms with Crippen molar-refractivity contribution in [3.63, 3.8) is 0 Å². The third-order valence-electron chi connectivity index (χ3n) is 4.21. The quantitative estimate of drug-likeness (QED) is 0.848. The highest BCUT2D eigenvalue weighted by atomic mass is 16.5. The van der Waals surface area contributed by atoms with Gasteiger partial charge in [-0.25, -0.2) is 0 Å². The minimum atomic E-state index is 0.0736. The largest absolute Gasteiger partial charge is 0.494 e. The van der Waals surface area contributed by atoms with E-state index in [9.17, 15) is 0 Å². The number of nitrogens with one attached hydrogen (secondary N) is 1. The molecule has 1 atom stereocenters. The highest BCUT2D eigenvalue weighted by Gasteiger charge is 2.31. The number of anilines is 1. The van der Waals surface area contributed by atoms with Gasteiger partial charge in [-0.2, -0.15) is 0 Å². The van der Waals surface area contributed by atoms with Gasteiger partial charge in [0.1, 0.15) is 5.75 Å². The normalized spacial score (nSPS) is 22.5. The fourth-order valence-corrected chi connectivity index (χ4v) is 2.56. The summed E-state index contributed by atoms with van der Waals surface area (Å²) in [6.07, 6.45) is 1.09. The first-order valence-electron chi connectivity index (χ1n) is 6.75. The van der Waals surface area contributed by atoms with Crippen molar-refractivity contribution >= 4 is 11.3 Å². The molecule has 0 saturated heterocycles. The lowest BCUT2D eigenvalue weighted by atomic mass is 9.81. The molecular weight excluding hydrogens is 222 g/mol. The van der Waals surface area contributed by atoms with Gasteiger partial charge in [-0.05, 0) is 63.5 Å². The van der Waals surface area contributed by atoms with Crippen LogP contribution in [-0.4, -0.2) is 12.1 Å². The summed E-state index contributed by atoms with van der Waals surface area (Å²) >= 11 is 0. The summed E-state index contributed by atoms with van der Waals surface area (Å²) in [6.45, 7) is 11.6. The minimum absolute atomic E-state index is 0.0736. The van der Waals surface area contributed by atoms with Gasteiger partial charge in [-0.15, -0.1) is 0 Å². The maximum Gasteiger partial charge on any atom is 0.120 e. The molecule has 0 aromatic heterocycles. The summed E-state index contributed by atoms with van der Waals surface area (Å²) in [7, 11) is 0. The molecule has 2 nitrogen and oxygen atoms in total.